The van der Waals surface area contributed by atoms with E-state index in [0.29, 0.717) is 30.0 Å². The summed E-state index contributed by atoms with van der Waals surface area (Å²) in [5.74, 6) is 1.90. The van der Waals surface area contributed by atoms with Crippen LogP contribution in [0.25, 0.3) is 11.4 Å². The minimum atomic E-state index is 0.332. The summed E-state index contributed by atoms with van der Waals surface area (Å²) in [6.07, 6.45) is 3.29. The van der Waals surface area contributed by atoms with Gasteiger partial charge in [0.15, 0.2) is 0 Å². The molecule has 4 rings (SSSR count). The minimum Gasteiger partial charge on any atom is -0.424 e. The second kappa shape index (κ2) is 8.62. The maximum atomic E-state index is 5.62. The lowest BCUT2D eigenvalue weighted by Gasteiger charge is -2.14. The molecule has 0 radical (unpaired) electrons. The Balaban J connectivity index is 1.34. The molecule has 0 spiro atoms. The minimum absolute atomic E-state index is 0.332. The molecule has 0 unspecified atom stereocenters. The topological polar surface area (TPSA) is 77.2 Å². The summed E-state index contributed by atoms with van der Waals surface area (Å²) in [6.45, 7) is 3.35. The summed E-state index contributed by atoms with van der Waals surface area (Å²) in [5, 5.41) is 4.10. The van der Waals surface area contributed by atoms with Crippen molar-refractivity contribution in [2.24, 2.45) is 0 Å². The van der Waals surface area contributed by atoms with Crippen LogP contribution < -0.4 is 4.74 Å². The van der Waals surface area contributed by atoms with Gasteiger partial charge >= 0.3 is 6.01 Å². The number of hydrogen-bond acceptors (Lipinski definition) is 7. The fourth-order valence-electron chi connectivity index (χ4n) is 2.93. The van der Waals surface area contributed by atoms with Gasteiger partial charge in [-0.1, -0.05) is 41.1 Å². The lowest BCUT2D eigenvalue weighted by molar-refractivity contribution is 0.261. The van der Waals surface area contributed by atoms with E-state index in [2.05, 4.69) is 25.0 Å². The van der Waals surface area contributed by atoms with Gasteiger partial charge in [0.2, 0.25) is 11.7 Å². The van der Waals surface area contributed by atoms with E-state index in [0.717, 1.165) is 23.2 Å². The molecular formula is C22H21N5O2. The van der Waals surface area contributed by atoms with Crippen LogP contribution >= 0.6 is 0 Å². The van der Waals surface area contributed by atoms with Crippen LogP contribution in [0.15, 0.2) is 71.5 Å². The molecule has 0 N–H and O–H groups in total. The van der Waals surface area contributed by atoms with E-state index in [9.17, 15) is 0 Å². The van der Waals surface area contributed by atoms with Crippen LogP contribution in [-0.4, -0.2) is 32.1 Å². The average Bonchev–Trinajstić information content (AvgIpc) is 3.19. The van der Waals surface area contributed by atoms with Crippen molar-refractivity contribution in [2.45, 2.75) is 20.0 Å². The zero-order valence-corrected chi connectivity index (χ0v) is 16.3. The zero-order valence-electron chi connectivity index (χ0n) is 16.3. The van der Waals surface area contributed by atoms with Crippen LogP contribution in [0.1, 0.15) is 17.0 Å². The lowest BCUT2D eigenvalue weighted by Crippen LogP contribution is -2.17. The highest BCUT2D eigenvalue weighted by molar-refractivity contribution is 5.55. The SMILES string of the molecule is Cc1cccc(-c2noc(CN(C)Cc3ccc(Oc4ncccn4)cc3)n2)c1. The second-order valence-electron chi connectivity index (χ2n) is 6.83. The van der Waals surface area contributed by atoms with Crippen LogP contribution in [0, 0.1) is 6.92 Å². The highest BCUT2D eigenvalue weighted by Crippen LogP contribution is 2.20. The molecule has 0 saturated heterocycles. The van der Waals surface area contributed by atoms with Crippen molar-refractivity contribution in [3.05, 3.63) is 84.0 Å². The third-order valence-corrected chi connectivity index (χ3v) is 4.28. The van der Waals surface area contributed by atoms with Crippen molar-refractivity contribution >= 4 is 0 Å². The van der Waals surface area contributed by atoms with E-state index in [4.69, 9.17) is 9.26 Å². The van der Waals surface area contributed by atoms with E-state index in [-0.39, 0.29) is 0 Å². The Labute approximate surface area is 169 Å². The number of hydrogen-bond donors (Lipinski definition) is 0. The van der Waals surface area contributed by atoms with Gasteiger partial charge in [0, 0.05) is 24.5 Å². The number of aromatic nitrogens is 4. The van der Waals surface area contributed by atoms with Gasteiger partial charge in [0.05, 0.1) is 6.54 Å². The Kier molecular flexibility index (Phi) is 5.58. The number of nitrogens with zero attached hydrogens (tertiary/aromatic N) is 5. The lowest BCUT2D eigenvalue weighted by atomic mass is 10.1. The Hall–Kier alpha value is -3.58. The van der Waals surface area contributed by atoms with Gasteiger partial charge in [-0.15, -0.1) is 0 Å². The highest BCUT2D eigenvalue weighted by atomic mass is 16.5. The highest BCUT2D eigenvalue weighted by Gasteiger charge is 2.11. The fraction of sp³-hybridized carbons (Fsp3) is 0.182. The van der Waals surface area contributed by atoms with E-state index >= 15 is 0 Å². The Morgan fingerprint density at radius 2 is 1.76 bits per heavy atom. The number of aryl methyl sites for hydroxylation is 1. The zero-order chi connectivity index (χ0) is 20.1. The molecule has 2 aromatic carbocycles. The molecule has 0 aliphatic carbocycles. The van der Waals surface area contributed by atoms with E-state index in [1.54, 1.807) is 18.5 Å². The average molecular weight is 387 g/mol. The van der Waals surface area contributed by atoms with Gasteiger partial charge in [-0.2, -0.15) is 4.98 Å². The first-order valence-corrected chi connectivity index (χ1v) is 9.28. The third-order valence-electron chi connectivity index (χ3n) is 4.28. The molecule has 0 saturated carbocycles. The van der Waals surface area contributed by atoms with Crippen molar-refractivity contribution in [1.29, 1.82) is 0 Å². The fourth-order valence-corrected chi connectivity index (χ4v) is 2.93. The van der Waals surface area contributed by atoms with Crippen molar-refractivity contribution in [2.75, 3.05) is 7.05 Å². The van der Waals surface area contributed by atoms with Crippen molar-refractivity contribution in [1.82, 2.24) is 25.0 Å². The van der Waals surface area contributed by atoms with Crippen molar-refractivity contribution in [3.63, 3.8) is 0 Å². The molecule has 0 bridgehead atoms. The number of ether oxygens (including phenoxy) is 1. The molecule has 29 heavy (non-hydrogen) atoms. The molecule has 0 amide bonds. The first-order valence-electron chi connectivity index (χ1n) is 9.28. The maximum Gasteiger partial charge on any atom is 0.321 e. The summed E-state index contributed by atoms with van der Waals surface area (Å²) >= 11 is 0. The van der Waals surface area contributed by atoms with Gasteiger partial charge in [-0.25, -0.2) is 9.97 Å². The van der Waals surface area contributed by atoms with E-state index in [1.807, 2.05) is 62.5 Å². The van der Waals surface area contributed by atoms with Gasteiger partial charge in [-0.3, -0.25) is 4.90 Å². The van der Waals surface area contributed by atoms with Crippen LogP contribution in [0.3, 0.4) is 0 Å². The van der Waals surface area contributed by atoms with Crippen LogP contribution in [0.2, 0.25) is 0 Å². The molecule has 0 fully saturated rings. The Bertz CT molecular complexity index is 1060. The van der Waals surface area contributed by atoms with E-state index < -0.39 is 0 Å². The summed E-state index contributed by atoms with van der Waals surface area (Å²) in [4.78, 5) is 14.7. The van der Waals surface area contributed by atoms with Crippen molar-refractivity contribution < 1.29 is 9.26 Å². The predicted molar refractivity (Wildman–Crippen MR) is 108 cm³/mol. The van der Waals surface area contributed by atoms with Crippen molar-refractivity contribution in [3.8, 4) is 23.1 Å². The monoisotopic (exact) mass is 387 g/mol. The second-order valence-corrected chi connectivity index (χ2v) is 6.83. The quantitative estimate of drug-likeness (QED) is 0.469. The molecule has 4 aromatic rings. The van der Waals surface area contributed by atoms with Gasteiger partial charge in [0.1, 0.15) is 5.75 Å². The molecular weight excluding hydrogens is 366 g/mol. The number of benzene rings is 2. The summed E-state index contributed by atoms with van der Waals surface area (Å²) in [6, 6.07) is 18.0. The van der Waals surface area contributed by atoms with Gasteiger partial charge < -0.3 is 9.26 Å². The van der Waals surface area contributed by atoms with Crippen LogP contribution in [-0.2, 0) is 13.1 Å². The normalized spacial score (nSPS) is 11.0. The molecule has 2 aromatic heterocycles. The third kappa shape index (κ3) is 5.03. The van der Waals surface area contributed by atoms with Gasteiger partial charge in [-0.05, 0) is 43.8 Å². The van der Waals surface area contributed by atoms with Crippen LogP contribution in [0.4, 0.5) is 0 Å². The smallest absolute Gasteiger partial charge is 0.321 e. The summed E-state index contributed by atoms with van der Waals surface area (Å²) in [5.41, 5.74) is 3.27. The largest absolute Gasteiger partial charge is 0.424 e. The standard InChI is InChI=1S/C22H21N5O2/c1-16-5-3-6-18(13-16)21-25-20(29-26-21)15-27(2)14-17-7-9-19(10-8-17)28-22-23-11-4-12-24-22/h3-13H,14-15H2,1-2H3. The summed E-state index contributed by atoms with van der Waals surface area (Å²) < 4.78 is 11.0. The van der Waals surface area contributed by atoms with Gasteiger partial charge in [0.25, 0.3) is 0 Å². The maximum absolute atomic E-state index is 5.62. The summed E-state index contributed by atoms with van der Waals surface area (Å²) in [7, 11) is 2.01. The molecule has 0 atom stereocenters. The molecule has 0 aliphatic rings. The molecule has 7 heteroatoms. The molecule has 2 heterocycles. The predicted octanol–water partition coefficient (Wildman–Crippen LogP) is 4.26. The molecule has 146 valence electrons. The molecule has 0 aliphatic heterocycles. The first-order chi connectivity index (χ1) is 14.2. The molecule has 7 nitrogen and oxygen atoms in total. The van der Waals surface area contributed by atoms with Crippen LogP contribution in [0.5, 0.6) is 11.8 Å². The first kappa shape index (κ1) is 18.8. The van der Waals surface area contributed by atoms with E-state index in [1.165, 1.54) is 0 Å². The Morgan fingerprint density at radius 1 is 0.966 bits per heavy atom. The number of rotatable bonds is 7. The Morgan fingerprint density at radius 3 is 2.52 bits per heavy atom.